The Labute approximate surface area is 199 Å². The van der Waals surface area contributed by atoms with Crippen LogP contribution in [0.2, 0.25) is 5.02 Å². The molecule has 1 aliphatic rings. The topological polar surface area (TPSA) is 68.4 Å². The molecule has 4 rings (SSSR count). The van der Waals surface area contributed by atoms with Crippen molar-refractivity contribution < 1.29 is 4.79 Å². The van der Waals surface area contributed by atoms with Crippen molar-refractivity contribution in [2.24, 2.45) is 0 Å². The molecule has 0 spiro atoms. The number of rotatable bonds is 6. The number of H-pyrrole nitrogens is 1. The van der Waals surface area contributed by atoms with Crippen LogP contribution in [0.1, 0.15) is 36.5 Å². The van der Waals surface area contributed by atoms with Crippen LogP contribution in [0.3, 0.4) is 0 Å². The lowest BCUT2D eigenvalue weighted by Crippen LogP contribution is -2.45. The summed E-state index contributed by atoms with van der Waals surface area (Å²) in [6, 6.07) is 13.2. The van der Waals surface area contributed by atoms with Gasteiger partial charge in [0.15, 0.2) is 0 Å². The molecule has 2 amide bonds. The van der Waals surface area contributed by atoms with Gasteiger partial charge in [0.25, 0.3) is 5.56 Å². The average molecular weight is 467 g/mol. The van der Waals surface area contributed by atoms with Gasteiger partial charge in [-0.3, -0.25) is 9.69 Å². The standard InChI is InChI=1S/C26H31ClN4O2/c1-4-30-11-7-8-21(30)16-31(26(33)28-23-10-6-5-9-22(23)27)15-20-14-19-13-17(2)12-18(3)24(19)29-25(20)32/h5-6,9-10,12-14,21H,4,7-8,11,15-16H2,1-3H3,(H,28,33)(H,29,32)/t21-/m0/s1. The van der Waals surface area contributed by atoms with Crippen molar-refractivity contribution in [2.75, 3.05) is 25.0 Å². The number of aromatic nitrogens is 1. The van der Waals surface area contributed by atoms with E-state index in [9.17, 15) is 9.59 Å². The molecule has 6 nitrogen and oxygen atoms in total. The molecule has 2 heterocycles. The smallest absolute Gasteiger partial charge is 0.321 e. The number of aryl methyl sites for hydroxylation is 2. The summed E-state index contributed by atoms with van der Waals surface area (Å²) < 4.78 is 0. The highest BCUT2D eigenvalue weighted by atomic mass is 35.5. The van der Waals surface area contributed by atoms with Gasteiger partial charge in [0, 0.05) is 18.2 Å². The molecule has 7 heteroatoms. The number of anilines is 1. The van der Waals surface area contributed by atoms with Gasteiger partial charge < -0.3 is 15.2 Å². The molecule has 1 fully saturated rings. The molecule has 1 aromatic heterocycles. The van der Waals surface area contributed by atoms with Crippen LogP contribution in [0, 0.1) is 13.8 Å². The summed E-state index contributed by atoms with van der Waals surface area (Å²) >= 11 is 6.27. The Morgan fingerprint density at radius 3 is 2.79 bits per heavy atom. The summed E-state index contributed by atoms with van der Waals surface area (Å²) in [5, 5.41) is 4.40. The molecule has 0 radical (unpaired) electrons. The van der Waals surface area contributed by atoms with Gasteiger partial charge in [0.1, 0.15) is 0 Å². The number of amides is 2. The van der Waals surface area contributed by atoms with Gasteiger partial charge in [-0.2, -0.15) is 0 Å². The van der Waals surface area contributed by atoms with Crippen molar-refractivity contribution in [1.82, 2.24) is 14.8 Å². The number of pyridine rings is 1. The number of para-hydroxylation sites is 1. The molecule has 0 aliphatic carbocycles. The third-order valence-electron chi connectivity index (χ3n) is 6.47. The summed E-state index contributed by atoms with van der Waals surface area (Å²) in [7, 11) is 0. The monoisotopic (exact) mass is 466 g/mol. The van der Waals surface area contributed by atoms with Gasteiger partial charge in [-0.1, -0.05) is 42.3 Å². The van der Waals surface area contributed by atoms with Gasteiger partial charge in [-0.15, -0.1) is 0 Å². The number of halogens is 1. The van der Waals surface area contributed by atoms with E-state index in [0.29, 0.717) is 22.8 Å². The van der Waals surface area contributed by atoms with Crippen molar-refractivity contribution >= 4 is 34.2 Å². The molecule has 1 saturated heterocycles. The van der Waals surface area contributed by atoms with E-state index in [1.807, 2.05) is 32.0 Å². The quantitative estimate of drug-likeness (QED) is 0.516. The first-order valence-electron chi connectivity index (χ1n) is 11.5. The fourth-order valence-electron chi connectivity index (χ4n) is 4.80. The van der Waals surface area contributed by atoms with Crippen LogP contribution in [-0.2, 0) is 6.54 Å². The SMILES string of the molecule is CCN1CCC[C@H]1CN(Cc1cc2cc(C)cc(C)c2[nH]c1=O)C(=O)Nc1ccccc1Cl. The highest BCUT2D eigenvalue weighted by Gasteiger charge is 2.28. The molecular weight excluding hydrogens is 436 g/mol. The summed E-state index contributed by atoms with van der Waals surface area (Å²) in [5.41, 5.74) is 3.98. The first kappa shape index (κ1) is 23.3. The number of nitrogens with zero attached hydrogens (tertiary/aromatic N) is 2. The van der Waals surface area contributed by atoms with Crippen molar-refractivity contribution in [1.29, 1.82) is 0 Å². The number of fused-ring (bicyclic) bond motifs is 1. The third-order valence-corrected chi connectivity index (χ3v) is 6.80. The second-order valence-electron chi connectivity index (χ2n) is 8.88. The van der Waals surface area contributed by atoms with Crippen LogP contribution in [0.15, 0.2) is 47.3 Å². The van der Waals surface area contributed by atoms with E-state index in [4.69, 9.17) is 11.6 Å². The van der Waals surface area contributed by atoms with Crippen molar-refractivity contribution in [3.63, 3.8) is 0 Å². The zero-order valence-corrected chi connectivity index (χ0v) is 20.2. The Hall–Kier alpha value is -2.83. The lowest BCUT2D eigenvalue weighted by atomic mass is 10.0. The van der Waals surface area contributed by atoms with Crippen molar-refractivity contribution in [3.8, 4) is 0 Å². The lowest BCUT2D eigenvalue weighted by Gasteiger charge is -2.30. The molecule has 174 valence electrons. The molecule has 0 bridgehead atoms. The van der Waals surface area contributed by atoms with Crippen LogP contribution in [0.5, 0.6) is 0 Å². The van der Waals surface area contributed by atoms with E-state index in [-0.39, 0.29) is 24.2 Å². The summed E-state index contributed by atoms with van der Waals surface area (Å²) in [6.07, 6.45) is 2.16. The van der Waals surface area contributed by atoms with E-state index in [0.717, 1.165) is 48.0 Å². The molecule has 1 atom stereocenters. The maximum Gasteiger partial charge on any atom is 0.322 e. The van der Waals surface area contributed by atoms with Gasteiger partial charge >= 0.3 is 6.03 Å². The predicted octanol–water partition coefficient (Wildman–Crippen LogP) is 5.32. The van der Waals surface area contributed by atoms with Gasteiger partial charge in [-0.25, -0.2) is 4.79 Å². The normalized spacial score (nSPS) is 16.3. The second kappa shape index (κ2) is 9.98. The number of nitrogens with one attached hydrogen (secondary N) is 2. The van der Waals surface area contributed by atoms with E-state index < -0.39 is 0 Å². The molecule has 0 saturated carbocycles. The Kier molecular flexibility index (Phi) is 7.05. The Bertz CT molecular complexity index is 1220. The molecular formula is C26H31ClN4O2. The van der Waals surface area contributed by atoms with Crippen LogP contribution in [0.4, 0.5) is 10.5 Å². The fourth-order valence-corrected chi connectivity index (χ4v) is 4.99. The Morgan fingerprint density at radius 1 is 1.24 bits per heavy atom. The number of benzene rings is 2. The lowest BCUT2D eigenvalue weighted by molar-refractivity contribution is 0.174. The van der Waals surface area contributed by atoms with Crippen LogP contribution < -0.4 is 10.9 Å². The minimum Gasteiger partial charge on any atom is -0.321 e. The van der Waals surface area contributed by atoms with E-state index in [1.54, 1.807) is 17.0 Å². The molecule has 1 aliphatic heterocycles. The van der Waals surface area contributed by atoms with Gasteiger partial charge in [0.2, 0.25) is 0 Å². The van der Waals surface area contributed by atoms with E-state index in [2.05, 4.69) is 34.3 Å². The minimum absolute atomic E-state index is 0.163. The molecule has 33 heavy (non-hydrogen) atoms. The summed E-state index contributed by atoms with van der Waals surface area (Å²) in [5.74, 6) is 0. The zero-order valence-electron chi connectivity index (χ0n) is 19.5. The first-order chi connectivity index (χ1) is 15.9. The van der Waals surface area contributed by atoms with Crippen molar-refractivity contribution in [2.45, 2.75) is 46.2 Å². The first-order valence-corrected chi connectivity index (χ1v) is 11.9. The maximum absolute atomic E-state index is 13.4. The average Bonchev–Trinajstić information content (AvgIpc) is 3.23. The molecule has 0 unspecified atom stereocenters. The Balaban J connectivity index is 1.65. The van der Waals surface area contributed by atoms with Crippen LogP contribution >= 0.6 is 11.6 Å². The van der Waals surface area contributed by atoms with Crippen molar-refractivity contribution in [3.05, 3.63) is 74.5 Å². The van der Waals surface area contributed by atoms with E-state index in [1.165, 1.54) is 0 Å². The molecule has 2 aromatic carbocycles. The van der Waals surface area contributed by atoms with Gasteiger partial charge in [0.05, 0.1) is 22.8 Å². The highest BCUT2D eigenvalue weighted by molar-refractivity contribution is 6.33. The largest absolute Gasteiger partial charge is 0.322 e. The summed E-state index contributed by atoms with van der Waals surface area (Å²) in [4.78, 5) is 33.5. The number of aromatic amines is 1. The number of likely N-dealkylation sites (tertiary alicyclic amines) is 1. The number of likely N-dealkylation sites (N-methyl/N-ethyl adjacent to an activating group) is 1. The molecule has 3 aromatic rings. The maximum atomic E-state index is 13.4. The second-order valence-corrected chi connectivity index (χ2v) is 9.29. The number of carbonyl (C=O) groups is 1. The third kappa shape index (κ3) is 5.23. The number of hydrogen-bond acceptors (Lipinski definition) is 3. The van der Waals surface area contributed by atoms with Crippen LogP contribution in [-0.4, -0.2) is 46.5 Å². The number of carbonyl (C=O) groups excluding carboxylic acids is 1. The van der Waals surface area contributed by atoms with Crippen LogP contribution in [0.25, 0.3) is 10.9 Å². The molecule has 2 N–H and O–H groups in total. The Morgan fingerprint density at radius 2 is 2.03 bits per heavy atom. The van der Waals surface area contributed by atoms with E-state index >= 15 is 0 Å². The fraction of sp³-hybridized carbons (Fsp3) is 0.385. The van der Waals surface area contributed by atoms with Gasteiger partial charge in [-0.05, 0) is 75.0 Å². The zero-order chi connectivity index (χ0) is 23.5. The highest BCUT2D eigenvalue weighted by Crippen LogP contribution is 2.24. The number of hydrogen-bond donors (Lipinski definition) is 2. The number of urea groups is 1. The minimum atomic E-state index is -0.258. The predicted molar refractivity (Wildman–Crippen MR) is 135 cm³/mol. The summed E-state index contributed by atoms with van der Waals surface area (Å²) in [6.45, 7) is 8.94.